The Balaban J connectivity index is 1.70. The SMILES string of the molecule is CC1CCCCN1C(=O)NCC1CCN(CC(F)(F)F)C1. The third kappa shape index (κ3) is 5.05. The average Bonchev–Trinajstić information content (AvgIpc) is 2.82. The number of nitrogens with one attached hydrogen (secondary N) is 1. The van der Waals surface area contributed by atoms with E-state index in [1.807, 2.05) is 11.8 Å². The van der Waals surface area contributed by atoms with Gasteiger partial charge in [-0.25, -0.2) is 4.79 Å². The van der Waals surface area contributed by atoms with Crippen LogP contribution in [0.5, 0.6) is 0 Å². The molecule has 0 aromatic carbocycles. The molecule has 7 heteroatoms. The molecule has 0 saturated carbocycles. The van der Waals surface area contributed by atoms with Crippen molar-refractivity contribution in [2.75, 3.05) is 32.7 Å². The first-order valence-electron chi connectivity index (χ1n) is 7.69. The number of carbonyl (C=O) groups is 1. The number of amides is 2. The number of alkyl halides is 3. The molecular formula is C14H24F3N3O. The fraction of sp³-hybridized carbons (Fsp3) is 0.929. The molecule has 2 amide bonds. The number of rotatable bonds is 3. The number of carbonyl (C=O) groups excluding carboxylic acids is 1. The lowest BCUT2D eigenvalue weighted by molar-refractivity contribution is -0.143. The highest BCUT2D eigenvalue weighted by atomic mass is 19.4. The smallest absolute Gasteiger partial charge is 0.338 e. The number of halogens is 3. The summed E-state index contributed by atoms with van der Waals surface area (Å²) in [6, 6.07) is 0.181. The third-order valence-corrected chi connectivity index (χ3v) is 4.38. The minimum atomic E-state index is -4.14. The van der Waals surface area contributed by atoms with Crippen molar-refractivity contribution in [1.29, 1.82) is 0 Å². The molecule has 0 spiro atoms. The number of piperidine rings is 1. The van der Waals surface area contributed by atoms with Crippen LogP contribution >= 0.6 is 0 Å². The summed E-state index contributed by atoms with van der Waals surface area (Å²) >= 11 is 0. The van der Waals surface area contributed by atoms with Crippen LogP contribution in [0.4, 0.5) is 18.0 Å². The summed E-state index contributed by atoms with van der Waals surface area (Å²) < 4.78 is 36.9. The Morgan fingerprint density at radius 2 is 2.00 bits per heavy atom. The molecule has 2 rings (SSSR count). The lowest BCUT2D eigenvalue weighted by Gasteiger charge is -2.33. The molecule has 0 bridgehead atoms. The van der Waals surface area contributed by atoms with E-state index in [-0.39, 0.29) is 18.0 Å². The second-order valence-corrected chi connectivity index (χ2v) is 6.23. The summed E-state index contributed by atoms with van der Waals surface area (Å²) in [6.07, 6.45) is -0.218. The van der Waals surface area contributed by atoms with Gasteiger partial charge in [0.05, 0.1) is 6.54 Å². The van der Waals surface area contributed by atoms with Gasteiger partial charge >= 0.3 is 12.2 Å². The van der Waals surface area contributed by atoms with E-state index in [9.17, 15) is 18.0 Å². The minimum absolute atomic E-state index is 0.0727. The maximum atomic E-state index is 12.3. The topological polar surface area (TPSA) is 35.6 Å². The molecule has 2 unspecified atom stereocenters. The van der Waals surface area contributed by atoms with E-state index in [2.05, 4.69) is 5.32 Å². The van der Waals surface area contributed by atoms with Gasteiger partial charge in [0.2, 0.25) is 0 Å². The zero-order valence-electron chi connectivity index (χ0n) is 12.5. The zero-order valence-corrected chi connectivity index (χ0v) is 12.5. The first-order valence-corrected chi connectivity index (χ1v) is 7.69. The first-order chi connectivity index (χ1) is 9.85. The van der Waals surface area contributed by atoms with Crippen molar-refractivity contribution in [3.05, 3.63) is 0 Å². The van der Waals surface area contributed by atoms with Gasteiger partial charge in [0.15, 0.2) is 0 Å². The lowest BCUT2D eigenvalue weighted by atomic mass is 10.0. The molecule has 0 aliphatic carbocycles. The minimum Gasteiger partial charge on any atom is -0.338 e. The van der Waals surface area contributed by atoms with Gasteiger partial charge in [-0.2, -0.15) is 13.2 Å². The van der Waals surface area contributed by atoms with Crippen LogP contribution in [-0.4, -0.2) is 60.8 Å². The van der Waals surface area contributed by atoms with Gasteiger partial charge in [-0.05, 0) is 45.1 Å². The van der Waals surface area contributed by atoms with Crippen molar-refractivity contribution in [3.8, 4) is 0 Å². The molecule has 21 heavy (non-hydrogen) atoms. The molecule has 2 fully saturated rings. The predicted octanol–water partition coefficient (Wildman–Crippen LogP) is 2.45. The molecule has 1 N–H and O–H groups in total. The van der Waals surface area contributed by atoms with Gasteiger partial charge in [0.1, 0.15) is 0 Å². The normalized spacial score (nSPS) is 27.9. The van der Waals surface area contributed by atoms with Crippen LogP contribution in [0.25, 0.3) is 0 Å². The summed E-state index contributed by atoms with van der Waals surface area (Å²) in [4.78, 5) is 15.4. The van der Waals surface area contributed by atoms with Crippen molar-refractivity contribution >= 4 is 6.03 Å². The van der Waals surface area contributed by atoms with E-state index in [4.69, 9.17) is 0 Å². The maximum absolute atomic E-state index is 12.3. The second kappa shape index (κ2) is 6.85. The van der Waals surface area contributed by atoms with E-state index in [1.54, 1.807) is 0 Å². The summed E-state index contributed by atoms with van der Waals surface area (Å²) in [5.74, 6) is 0.122. The van der Waals surface area contributed by atoms with Crippen molar-refractivity contribution in [1.82, 2.24) is 15.1 Å². The van der Waals surface area contributed by atoms with Crippen molar-refractivity contribution < 1.29 is 18.0 Å². The Labute approximate surface area is 123 Å². The van der Waals surface area contributed by atoms with Crippen LogP contribution < -0.4 is 5.32 Å². The fourth-order valence-electron chi connectivity index (χ4n) is 3.21. The Morgan fingerprint density at radius 3 is 2.67 bits per heavy atom. The maximum Gasteiger partial charge on any atom is 0.401 e. The number of hydrogen-bond acceptors (Lipinski definition) is 2. The predicted molar refractivity (Wildman–Crippen MR) is 74.0 cm³/mol. The molecule has 2 saturated heterocycles. The molecular weight excluding hydrogens is 283 g/mol. The van der Waals surface area contributed by atoms with Gasteiger partial charge in [-0.3, -0.25) is 4.90 Å². The molecule has 0 radical (unpaired) electrons. The largest absolute Gasteiger partial charge is 0.401 e. The number of nitrogens with zero attached hydrogens (tertiary/aromatic N) is 2. The first kappa shape index (κ1) is 16.4. The van der Waals surface area contributed by atoms with Crippen molar-refractivity contribution in [2.45, 2.75) is 44.8 Å². The van der Waals surface area contributed by atoms with Gasteiger partial charge in [-0.1, -0.05) is 0 Å². The van der Waals surface area contributed by atoms with Gasteiger partial charge in [-0.15, -0.1) is 0 Å². The number of likely N-dealkylation sites (tertiary alicyclic amines) is 2. The van der Waals surface area contributed by atoms with E-state index in [1.165, 1.54) is 4.90 Å². The van der Waals surface area contributed by atoms with E-state index >= 15 is 0 Å². The Bertz CT molecular complexity index is 362. The average molecular weight is 307 g/mol. The molecule has 4 nitrogen and oxygen atoms in total. The molecule has 2 atom stereocenters. The van der Waals surface area contributed by atoms with E-state index < -0.39 is 12.7 Å². The molecule has 2 heterocycles. The lowest BCUT2D eigenvalue weighted by Crippen LogP contribution is -2.48. The van der Waals surface area contributed by atoms with Gasteiger partial charge in [0, 0.05) is 25.7 Å². The molecule has 2 aliphatic heterocycles. The quantitative estimate of drug-likeness (QED) is 0.869. The molecule has 2 aliphatic rings. The van der Waals surface area contributed by atoms with Crippen LogP contribution in [0.1, 0.15) is 32.6 Å². The van der Waals surface area contributed by atoms with Crippen LogP contribution in [0.3, 0.4) is 0 Å². The summed E-state index contributed by atoms with van der Waals surface area (Å²) in [5, 5.41) is 2.89. The van der Waals surface area contributed by atoms with E-state index in [0.717, 1.165) is 25.8 Å². The van der Waals surface area contributed by atoms with Crippen LogP contribution in [0, 0.1) is 5.92 Å². The van der Waals surface area contributed by atoms with Crippen molar-refractivity contribution in [2.24, 2.45) is 5.92 Å². The summed E-state index contributed by atoms with van der Waals surface area (Å²) in [5.41, 5.74) is 0. The van der Waals surface area contributed by atoms with Gasteiger partial charge < -0.3 is 10.2 Å². The Morgan fingerprint density at radius 1 is 1.24 bits per heavy atom. The molecule has 0 aromatic heterocycles. The molecule has 0 aromatic rings. The Hall–Kier alpha value is -0.980. The highest BCUT2D eigenvalue weighted by Crippen LogP contribution is 2.22. The molecule has 122 valence electrons. The Kier molecular flexibility index (Phi) is 5.35. The van der Waals surface area contributed by atoms with Crippen LogP contribution in [-0.2, 0) is 0 Å². The third-order valence-electron chi connectivity index (χ3n) is 4.38. The summed E-state index contributed by atoms with van der Waals surface area (Å²) in [6.45, 7) is 3.31. The van der Waals surface area contributed by atoms with Gasteiger partial charge in [0.25, 0.3) is 0 Å². The van der Waals surface area contributed by atoms with Crippen LogP contribution in [0.2, 0.25) is 0 Å². The van der Waals surface area contributed by atoms with Crippen molar-refractivity contribution in [3.63, 3.8) is 0 Å². The monoisotopic (exact) mass is 307 g/mol. The number of urea groups is 1. The zero-order chi connectivity index (χ0) is 15.5. The number of hydrogen-bond donors (Lipinski definition) is 1. The highest BCUT2D eigenvalue weighted by Gasteiger charge is 2.34. The van der Waals surface area contributed by atoms with Crippen LogP contribution in [0.15, 0.2) is 0 Å². The second-order valence-electron chi connectivity index (χ2n) is 6.23. The summed E-state index contributed by atoms with van der Waals surface area (Å²) in [7, 11) is 0. The standard InChI is InChI=1S/C14H24F3N3O/c1-11-4-2-3-6-20(11)13(21)18-8-12-5-7-19(9-12)10-14(15,16)17/h11-12H,2-10H2,1H3,(H,18,21). The van der Waals surface area contributed by atoms with E-state index in [0.29, 0.717) is 26.1 Å². The fourth-order valence-corrected chi connectivity index (χ4v) is 3.21. The highest BCUT2D eigenvalue weighted by molar-refractivity contribution is 5.74.